The van der Waals surface area contributed by atoms with Crippen LogP contribution in [0.5, 0.6) is 0 Å². The molecular formula is C12H13ClN2O2S2. The van der Waals surface area contributed by atoms with Crippen LogP contribution in [0.4, 0.5) is 5.69 Å². The predicted molar refractivity (Wildman–Crippen MR) is 78.5 cm³/mol. The first-order chi connectivity index (χ1) is 8.92. The number of hydrogen-bond donors (Lipinski definition) is 1. The summed E-state index contributed by atoms with van der Waals surface area (Å²) in [6.45, 7) is 3.69. The molecule has 2 aromatic heterocycles. The van der Waals surface area contributed by atoms with E-state index in [2.05, 4.69) is 9.71 Å². The van der Waals surface area contributed by atoms with Crippen molar-refractivity contribution in [2.24, 2.45) is 0 Å². The SMILES string of the molecule is CCc1ccc(S(=O)(=O)Nc2ccc(Cl)nc2C)s1. The Morgan fingerprint density at radius 1 is 1.32 bits per heavy atom. The maximum absolute atomic E-state index is 12.2. The molecule has 1 N–H and O–H groups in total. The van der Waals surface area contributed by atoms with E-state index < -0.39 is 10.0 Å². The highest BCUT2D eigenvalue weighted by atomic mass is 35.5. The molecule has 2 rings (SSSR count). The average Bonchev–Trinajstić information content (AvgIpc) is 2.82. The van der Waals surface area contributed by atoms with Crippen LogP contribution in [0.25, 0.3) is 0 Å². The Bertz CT molecular complexity index is 696. The van der Waals surface area contributed by atoms with Crippen molar-refractivity contribution < 1.29 is 8.42 Å². The number of pyridine rings is 1. The van der Waals surface area contributed by atoms with E-state index in [9.17, 15) is 8.42 Å². The first-order valence-corrected chi connectivity index (χ1v) is 8.35. The molecule has 0 bridgehead atoms. The lowest BCUT2D eigenvalue weighted by molar-refractivity contribution is 0.603. The van der Waals surface area contributed by atoms with Crippen LogP contribution in [0, 0.1) is 6.92 Å². The van der Waals surface area contributed by atoms with Gasteiger partial charge in [0.05, 0.1) is 11.4 Å². The summed E-state index contributed by atoms with van der Waals surface area (Å²) < 4.78 is 27.2. The van der Waals surface area contributed by atoms with E-state index in [4.69, 9.17) is 11.6 Å². The number of aromatic nitrogens is 1. The van der Waals surface area contributed by atoms with E-state index in [0.29, 0.717) is 20.7 Å². The molecule has 0 atom stereocenters. The molecule has 102 valence electrons. The molecule has 0 saturated carbocycles. The largest absolute Gasteiger partial charge is 0.277 e. The number of nitrogens with one attached hydrogen (secondary N) is 1. The van der Waals surface area contributed by atoms with Crippen molar-refractivity contribution in [1.82, 2.24) is 4.98 Å². The molecule has 7 heteroatoms. The van der Waals surface area contributed by atoms with Gasteiger partial charge in [0.2, 0.25) is 0 Å². The first kappa shape index (κ1) is 14.3. The maximum Gasteiger partial charge on any atom is 0.271 e. The highest BCUT2D eigenvalue weighted by molar-refractivity contribution is 7.94. The van der Waals surface area contributed by atoms with Gasteiger partial charge in [-0.05, 0) is 37.6 Å². The molecule has 0 aliphatic rings. The van der Waals surface area contributed by atoms with Crippen molar-refractivity contribution in [2.45, 2.75) is 24.5 Å². The van der Waals surface area contributed by atoms with E-state index in [1.54, 1.807) is 25.1 Å². The lowest BCUT2D eigenvalue weighted by Gasteiger charge is -2.08. The molecule has 19 heavy (non-hydrogen) atoms. The first-order valence-electron chi connectivity index (χ1n) is 5.67. The van der Waals surface area contributed by atoms with Crippen molar-refractivity contribution in [3.8, 4) is 0 Å². The fourth-order valence-corrected chi connectivity index (χ4v) is 4.13. The molecule has 2 aromatic rings. The molecular weight excluding hydrogens is 304 g/mol. The normalized spacial score (nSPS) is 11.5. The Hall–Kier alpha value is -1.11. The van der Waals surface area contributed by atoms with Crippen LogP contribution in [0.15, 0.2) is 28.5 Å². The number of sulfonamides is 1. The van der Waals surface area contributed by atoms with Crippen molar-refractivity contribution in [2.75, 3.05) is 4.72 Å². The van der Waals surface area contributed by atoms with Gasteiger partial charge >= 0.3 is 0 Å². The van der Waals surface area contributed by atoms with Crippen LogP contribution in [0.2, 0.25) is 5.15 Å². The predicted octanol–water partition coefficient (Wildman–Crippen LogP) is 3.47. The Labute approximate surface area is 121 Å². The lowest BCUT2D eigenvalue weighted by Crippen LogP contribution is -2.12. The van der Waals surface area contributed by atoms with Crippen molar-refractivity contribution in [1.29, 1.82) is 0 Å². The molecule has 0 aliphatic heterocycles. The fourth-order valence-electron chi connectivity index (χ4n) is 1.53. The minimum atomic E-state index is -3.55. The third kappa shape index (κ3) is 3.26. The zero-order chi connectivity index (χ0) is 14.0. The third-order valence-corrected chi connectivity index (χ3v) is 5.84. The monoisotopic (exact) mass is 316 g/mol. The highest BCUT2D eigenvalue weighted by Gasteiger charge is 2.17. The molecule has 0 radical (unpaired) electrons. The molecule has 0 spiro atoms. The summed E-state index contributed by atoms with van der Waals surface area (Å²) in [7, 11) is -3.55. The average molecular weight is 317 g/mol. The highest BCUT2D eigenvalue weighted by Crippen LogP contribution is 2.25. The number of thiophene rings is 1. The summed E-state index contributed by atoms with van der Waals surface area (Å²) in [5, 5.41) is 0.338. The number of anilines is 1. The summed E-state index contributed by atoms with van der Waals surface area (Å²) in [5.41, 5.74) is 0.985. The number of nitrogens with zero attached hydrogens (tertiary/aromatic N) is 1. The van der Waals surface area contributed by atoms with Crippen LogP contribution in [-0.4, -0.2) is 13.4 Å². The summed E-state index contributed by atoms with van der Waals surface area (Å²) in [6, 6.07) is 6.60. The lowest BCUT2D eigenvalue weighted by atomic mass is 10.3. The molecule has 0 aliphatic carbocycles. The zero-order valence-corrected chi connectivity index (χ0v) is 12.9. The molecule has 0 saturated heterocycles. The standard InChI is InChI=1S/C12H13ClN2O2S2/c1-3-9-4-7-12(18-9)19(16,17)15-10-5-6-11(13)14-8(10)2/h4-7,15H,3H2,1-2H3. The number of hydrogen-bond acceptors (Lipinski definition) is 4. The number of halogens is 1. The number of rotatable bonds is 4. The van der Waals surface area contributed by atoms with Gasteiger partial charge < -0.3 is 0 Å². The summed E-state index contributed by atoms with van der Waals surface area (Å²) in [4.78, 5) is 5.05. The van der Waals surface area contributed by atoms with Gasteiger partial charge in [0, 0.05) is 4.88 Å². The van der Waals surface area contributed by atoms with Crippen molar-refractivity contribution >= 4 is 38.6 Å². The van der Waals surface area contributed by atoms with Crippen LogP contribution in [-0.2, 0) is 16.4 Å². The van der Waals surface area contributed by atoms with Gasteiger partial charge in [-0.1, -0.05) is 18.5 Å². The smallest absolute Gasteiger partial charge is 0.271 e. The topological polar surface area (TPSA) is 59.1 Å². The van der Waals surface area contributed by atoms with Crippen LogP contribution in [0.3, 0.4) is 0 Å². The Morgan fingerprint density at radius 3 is 2.63 bits per heavy atom. The summed E-state index contributed by atoms with van der Waals surface area (Å²) in [6.07, 6.45) is 0.821. The zero-order valence-electron chi connectivity index (χ0n) is 10.5. The van der Waals surface area contributed by atoms with Gasteiger partial charge in [0.15, 0.2) is 0 Å². The minimum Gasteiger partial charge on any atom is -0.277 e. The fraction of sp³-hybridized carbons (Fsp3) is 0.250. The van der Waals surface area contributed by atoms with E-state index in [0.717, 1.165) is 11.3 Å². The van der Waals surface area contributed by atoms with Crippen molar-refractivity contribution in [3.63, 3.8) is 0 Å². The van der Waals surface area contributed by atoms with Gasteiger partial charge in [-0.2, -0.15) is 0 Å². The van der Waals surface area contributed by atoms with Gasteiger partial charge in [-0.25, -0.2) is 13.4 Å². The molecule has 0 unspecified atom stereocenters. The second-order valence-corrected chi connectivity index (χ2v) is 7.41. The van der Waals surface area contributed by atoms with Gasteiger partial charge in [0.25, 0.3) is 10.0 Å². The molecule has 2 heterocycles. The molecule has 0 aromatic carbocycles. The van der Waals surface area contributed by atoms with Crippen molar-refractivity contribution in [3.05, 3.63) is 40.0 Å². The Kier molecular flexibility index (Phi) is 4.13. The second-order valence-electron chi connectivity index (χ2n) is 3.95. The summed E-state index contributed by atoms with van der Waals surface area (Å²) >= 11 is 7.01. The third-order valence-electron chi connectivity index (χ3n) is 2.55. The van der Waals surface area contributed by atoms with E-state index in [-0.39, 0.29) is 0 Å². The quantitative estimate of drug-likeness (QED) is 0.879. The van der Waals surface area contributed by atoms with Crippen LogP contribution in [0.1, 0.15) is 17.5 Å². The van der Waals surface area contributed by atoms with Crippen LogP contribution < -0.4 is 4.72 Å². The maximum atomic E-state index is 12.2. The van der Waals surface area contributed by atoms with E-state index >= 15 is 0 Å². The van der Waals surface area contributed by atoms with Crippen LogP contribution >= 0.6 is 22.9 Å². The Morgan fingerprint density at radius 2 is 2.05 bits per heavy atom. The number of aryl methyl sites for hydroxylation is 2. The minimum absolute atomic E-state index is 0.304. The summed E-state index contributed by atoms with van der Waals surface area (Å²) in [5.74, 6) is 0. The molecule has 4 nitrogen and oxygen atoms in total. The Balaban J connectivity index is 2.30. The van der Waals surface area contributed by atoms with Gasteiger partial charge in [0.1, 0.15) is 9.36 Å². The van der Waals surface area contributed by atoms with E-state index in [1.165, 1.54) is 11.3 Å². The van der Waals surface area contributed by atoms with Gasteiger partial charge in [-0.15, -0.1) is 11.3 Å². The molecule has 0 amide bonds. The van der Waals surface area contributed by atoms with E-state index in [1.807, 2.05) is 13.0 Å². The van der Waals surface area contributed by atoms with Gasteiger partial charge in [-0.3, -0.25) is 4.72 Å². The molecule has 0 fully saturated rings. The second kappa shape index (κ2) is 5.48.